The Balaban J connectivity index is 1.67. The number of rotatable bonds is 8. The summed E-state index contributed by atoms with van der Waals surface area (Å²) in [5.74, 6) is 0. The zero-order valence-corrected chi connectivity index (χ0v) is 11.6. The molecular formula is C14H20N2OS. The fourth-order valence-corrected chi connectivity index (χ4v) is 2.85. The lowest BCUT2D eigenvalue weighted by Gasteiger charge is -2.04. The highest BCUT2D eigenvalue weighted by Crippen LogP contribution is 2.24. The third-order valence-electron chi connectivity index (χ3n) is 2.74. The maximum absolute atomic E-state index is 4.97. The van der Waals surface area contributed by atoms with E-state index in [-0.39, 0.29) is 0 Å². The highest BCUT2D eigenvalue weighted by molar-refractivity contribution is 7.19. The van der Waals surface area contributed by atoms with Gasteiger partial charge in [0, 0.05) is 42.9 Å². The van der Waals surface area contributed by atoms with Gasteiger partial charge in [0.15, 0.2) is 0 Å². The van der Waals surface area contributed by atoms with E-state index in [4.69, 9.17) is 4.74 Å². The molecule has 0 atom stereocenters. The first-order valence-electron chi connectivity index (χ1n) is 6.28. The molecule has 4 heteroatoms. The van der Waals surface area contributed by atoms with Crippen LogP contribution in [0.15, 0.2) is 30.3 Å². The fraction of sp³-hybridized carbons (Fsp3) is 0.429. The third-order valence-corrected chi connectivity index (χ3v) is 3.85. The van der Waals surface area contributed by atoms with Crippen molar-refractivity contribution in [3.8, 4) is 0 Å². The molecule has 0 bridgehead atoms. The molecule has 0 amide bonds. The van der Waals surface area contributed by atoms with E-state index in [1.54, 1.807) is 7.11 Å². The van der Waals surface area contributed by atoms with Crippen LogP contribution in [-0.2, 0) is 11.3 Å². The molecular weight excluding hydrogens is 244 g/mol. The molecule has 2 N–H and O–H groups in total. The van der Waals surface area contributed by atoms with Crippen molar-refractivity contribution in [2.24, 2.45) is 0 Å². The van der Waals surface area contributed by atoms with Crippen LogP contribution in [0.5, 0.6) is 0 Å². The molecule has 0 spiro atoms. The lowest BCUT2D eigenvalue weighted by atomic mass is 10.2. The molecule has 0 saturated heterocycles. The Hall–Kier alpha value is -0.940. The molecule has 0 fully saturated rings. The highest BCUT2D eigenvalue weighted by Gasteiger charge is 1.99. The average Bonchev–Trinajstić information content (AvgIpc) is 2.80. The van der Waals surface area contributed by atoms with Gasteiger partial charge in [-0.1, -0.05) is 18.2 Å². The van der Waals surface area contributed by atoms with Crippen molar-refractivity contribution in [1.82, 2.24) is 10.6 Å². The third kappa shape index (κ3) is 4.07. The number of hydrogen-bond donors (Lipinski definition) is 2. The van der Waals surface area contributed by atoms with Crippen molar-refractivity contribution in [1.29, 1.82) is 0 Å². The van der Waals surface area contributed by atoms with Gasteiger partial charge in [-0.2, -0.15) is 0 Å². The second-order valence-corrected chi connectivity index (χ2v) is 5.34. The van der Waals surface area contributed by atoms with E-state index in [2.05, 4.69) is 41.0 Å². The molecule has 0 aliphatic carbocycles. The van der Waals surface area contributed by atoms with Crippen molar-refractivity contribution in [2.45, 2.75) is 6.54 Å². The van der Waals surface area contributed by atoms with E-state index in [0.717, 1.165) is 32.8 Å². The molecule has 18 heavy (non-hydrogen) atoms. The van der Waals surface area contributed by atoms with Crippen LogP contribution < -0.4 is 10.6 Å². The van der Waals surface area contributed by atoms with Crippen molar-refractivity contribution in [3.05, 3.63) is 35.2 Å². The van der Waals surface area contributed by atoms with E-state index in [9.17, 15) is 0 Å². The number of fused-ring (bicyclic) bond motifs is 1. The van der Waals surface area contributed by atoms with Gasteiger partial charge >= 0.3 is 0 Å². The first kappa shape index (κ1) is 13.5. The number of hydrogen-bond acceptors (Lipinski definition) is 4. The van der Waals surface area contributed by atoms with Gasteiger partial charge in [0.1, 0.15) is 0 Å². The van der Waals surface area contributed by atoms with Crippen LogP contribution >= 0.6 is 11.3 Å². The fourth-order valence-electron chi connectivity index (χ4n) is 1.81. The molecule has 0 radical (unpaired) electrons. The second kappa shape index (κ2) is 7.48. The van der Waals surface area contributed by atoms with Crippen molar-refractivity contribution in [2.75, 3.05) is 33.4 Å². The summed E-state index contributed by atoms with van der Waals surface area (Å²) in [6.45, 7) is 4.61. The first-order chi connectivity index (χ1) is 8.90. The zero-order chi connectivity index (χ0) is 12.6. The normalized spacial score (nSPS) is 11.2. The average molecular weight is 264 g/mol. The van der Waals surface area contributed by atoms with Crippen LogP contribution in [0.2, 0.25) is 0 Å². The van der Waals surface area contributed by atoms with E-state index in [1.165, 1.54) is 15.0 Å². The van der Waals surface area contributed by atoms with Crippen LogP contribution in [0, 0.1) is 0 Å². The lowest BCUT2D eigenvalue weighted by molar-refractivity contribution is 0.199. The van der Waals surface area contributed by atoms with Gasteiger partial charge < -0.3 is 15.4 Å². The van der Waals surface area contributed by atoms with E-state index >= 15 is 0 Å². The summed E-state index contributed by atoms with van der Waals surface area (Å²) in [5.41, 5.74) is 0. The molecule has 1 aromatic heterocycles. The number of benzene rings is 1. The summed E-state index contributed by atoms with van der Waals surface area (Å²) in [5, 5.41) is 8.11. The highest BCUT2D eigenvalue weighted by atomic mass is 32.1. The Labute approximate surface area is 112 Å². The number of nitrogens with one attached hydrogen (secondary N) is 2. The van der Waals surface area contributed by atoms with Crippen LogP contribution in [0.3, 0.4) is 0 Å². The van der Waals surface area contributed by atoms with Crippen LogP contribution in [0.4, 0.5) is 0 Å². The minimum absolute atomic E-state index is 0.774. The van der Waals surface area contributed by atoms with Gasteiger partial charge in [0.25, 0.3) is 0 Å². The molecule has 98 valence electrons. The largest absolute Gasteiger partial charge is 0.383 e. The van der Waals surface area contributed by atoms with Crippen molar-refractivity contribution in [3.63, 3.8) is 0 Å². The van der Waals surface area contributed by atoms with Gasteiger partial charge in [-0.3, -0.25) is 0 Å². The van der Waals surface area contributed by atoms with Crippen molar-refractivity contribution < 1.29 is 4.74 Å². The Bertz CT molecular complexity index is 437. The van der Waals surface area contributed by atoms with Gasteiger partial charge in [0.2, 0.25) is 0 Å². The van der Waals surface area contributed by atoms with E-state index in [0.29, 0.717) is 0 Å². The molecule has 1 heterocycles. The molecule has 1 aromatic carbocycles. The van der Waals surface area contributed by atoms with Gasteiger partial charge in [-0.15, -0.1) is 11.3 Å². The Morgan fingerprint density at radius 3 is 2.78 bits per heavy atom. The summed E-state index contributed by atoms with van der Waals surface area (Å²) >= 11 is 1.87. The Morgan fingerprint density at radius 1 is 1.11 bits per heavy atom. The number of thiophene rings is 1. The number of methoxy groups -OCH3 is 1. The topological polar surface area (TPSA) is 33.3 Å². The van der Waals surface area contributed by atoms with Crippen LogP contribution in [-0.4, -0.2) is 33.4 Å². The monoisotopic (exact) mass is 264 g/mol. The molecule has 0 unspecified atom stereocenters. The minimum atomic E-state index is 0.774. The second-order valence-electron chi connectivity index (χ2n) is 4.17. The summed E-state index contributed by atoms with van der Waals surface area (Å²) < 4.78 is 6.34. The summed E-state index contributed by atoms with van der Waals surface area (Å²) in [6, 6.07) is 10.8. The van der Waals surface area contributed by atoms with Crippen LogP contribution in [0.1, 0.15) is 4.88 Å². The quantitative estimate of drug-likeness (QED) is 0.717. The maximum atomic E-state index is 4.97. The van der Waals surface area contributed by atoms with Gasteiger partial charge in [-0.05, 0) is 17.5 Å². The minimum Gasteiger partial charge on any atom is -0.383 e. The number of ether oxygens (including phenoxy) is 1. The smallest absolute Gasteiger partial charge is 0.0587 e. The lowest BCUT2D eigenvalue weighted by Crippen LogP contribution is -2.28. The SMILES string of the molecule is COCCNCCNCc1cc2ccccc2s1. The van der Waals surface area contributed by atoms with E-state index in [1.807, 2.05) is 11.3 Å². The molecule has 2 aromatic rings. The summed E-state index contributed by atoms with van der Waals surface area (Å²) in [7, 11) is 1.72. The maximum Gasteiger partial charge on any atom is 0.0587 e. The van der Waals surface area contributed by atoms with E-state index < -0.39 is 0 Å². The van der Waals surface area contributed by atoms with Crippen molar-refractivity contribution >= 4 is 21.4 Å². The molecule has 3 nitrogen and oxygen atoms in total. The molecule has 0 aliphatic heterocycles. The summed E-state index contributed by atoms with van der Waals surface area (Å²) in [6.07, 6.45) is 0. The van der Waals surface area contributed by atoms with Gasteiger partial charge in [-0.25, -0.2) is 0 Å². The predicted octanol–water partition coefficient (Wildman–Crippen LogP) is 2.23. The van der Waals surface area contributed by atoms with Gasteiger partial charge in [0.05, 0.1) is 6.61 Å². The molecule has 0 saturated carbocycles. The summed E-state index contributed by atoms with van der Waals surface area (Å²) in [4.78, 5) is 1.40. The standard InChI is InChI=1S/C14H20N2OS/c1-17-9-8-15-6-7-16-11-13-10-12-4-2-3-5-14(12)18-13/h2-5,10,15-16H,6-9,11H2,1H3. The zero-order valence-electron chi connectivity index (χ0n) is 10.7. The Kier molecular flexibility index (Phi) is 5.61. The first-order valence-corrected chi connectivity index (χ1v) is 7.09. The van der Waals surface area contributed by atoms with Crippen LogP contribution in [0.25, 0.3) is 10.1 Å². The Morgan fingerprint density at radius 2 is 1.94 bits per heavy atom. The predicted molar refractivity (Wildman–Crippen MR) is 78.3 cm³/mol. The molecule has 2 rings (SSSR count). The molecule has 0 aliphatic rings.